The van der Waals surface area contributed by atoms with Gasteiger partial charge < -0.3 is 14.2 Å². The molecular weight excluding hydrogens is 853 g/mol. The van der Waals surface area contributed by atoms with E-state index in [2.05, 4.69) is 179 Å². The van der Waals surface area contributed by atoms with E-state index < -0.39 is 24.0 Å². The maximum atomic E-state index is 12.8. The van der Waals surface area contributed by atoms with Crippen molar-refractivity contribution in [2.24, 2.45) is 0 Å². The van der Waals surface area contributed by atoms with Crippen LogP contribution < -0.4 is 0 Å². The van der Waals surface area contributed by atoms with E-state index in [-0.39, 0.29) is 32.5 Å². The van der Waals surface area contributed by atoms with Crippen LogP contribution in [0.3, 0.4) is 0 Å². The van der Waals surface area contributed by atoms with Gasteiger partial charge >= 0.3 is 17.9 Å². The first kappa shape index (κ1) is 63.2. The van der Waals surface area contributed by atoms with Gasteiger partial charge in [0.1, 0.15) is 13.2 Å². The minimum Gasteiger partial charge on any atom is -0.462 e. The van der Waals surface area contributed by atoms with Gasteiger partial charge in [-0.3, -0.25) is 14.4 Å². The zero-order valence-electron chi connectivity index (χ0n) is 43.0. The van der Waals surface area contributed by atoms with Gasteiger partial charge in [0, 0.05) is 19.3 Å². The van der Waals surface area contributed by atoms with Crippen LogP contribution in [0, 0.1) is 0 Å². The Morgan fingerprint density at radius 3 is 0.681 bits per heavy atom. The number of esters is 3. The highest BCUT2D eigenvalue weighted by Crippen LogP contribution is 2.07. The van der Waals surface area contributed by atoms with Crippen molar-refractivity contribution in [2.45, 2.75) is 168 Å². The van der Waals surface area contributed by atoms with Crippen molar-refractivity contribution in [2.75, 3.05) is 13.2 Å². The molecule has 0 heterocycles. The summed E-state index contributed by atoms with van der Waals surface area (Å²) < 4.78 is 16.6. The van der Waals surface area contributed by atoms with Crippen LogP contribution in [0.2, 0.25) is 0 Å². The van der Waals surface area contributed by atoms with Gasteiger partial charge in [0.2, 0.25) is 0 Å². The molecule has 0 aliphatic heterocycles. The molecule has 1 unspecified atom stereocenters. The summed E-state index contributed by atoms with van der Waals surface area (Å²) in [5, 5.41) is 0. The van der Waals surface area contributed by atoms with Crippen molar-refractivity contribution in [1.82, 2.24) is 0 Å². The molecule has 0 amide bonds. The van der Waals surface area contributed by atoms with Crippen molar-refractivity contribution in [3.63, 3.8) is 0 Å². The number of carbonyl (C=O) groups excluding carboxylic acids is 3. The molecule has 0 fully saturated rings. The van der Waals surface area contributed by atoms with Gasteiger partial charge in [0.25, 0.3) is 0 Å². The lowest BCUT2D eigenvalue weighted by Crippen LogP contribution is -2.30. The van der Waals surface area contributed by atoms with Crippen LogP contribution in [0.25, 0.3) is 0 Å². The van der Waals surface area contributed by atoms with Gasteiger partial charge in [-0.15, -0.1) is 0 Å². The zero-order valence-corrected chi connectivity index (χ0v) is 43.0. The molecule has 0 aliphatic carbocycles. The summed E-state index contributed by atoms with van der Waals surface area (Å²) in [5.41, 5.74) is 0. The molecule has 1 atom stereocenters. The Balaban J connectivity index is 4.76. The first-order valence-electron chi connectivity index (χ1n) is 25.9. The topological polar surface area (TPSA) is 78.9 Å². The van der Waals surface area contributed by atoms with E-state index in [9.17, 15) is 14.4 Å². The fraction of sp³-hybridized carbons (Fsp3) is 0.444. The van der Waals surface area contributed by atoms with E-state index in [1.165, 1.54) is 0 Å². The Bertz CT molecular complexity index is 1750. The number of hydrogen-bond donors (Lipinski definition) is 0. The second-order valence-corrected chi connectivity index (χ2v) is 15.9. The number of ether oxygens (including phenoxy) is 3. The highest BCUT2D eigenvalue weighted by molar-refractivity contribution is 5.71. The molecule has 0 radical (unpaired) electrons. The smallest absolute Gasteiger partial charge is 0.306 e. The van der Waals surface area contributed by atoms with Gasteiger partial charge in [-0.2, -0.15) is 0 Å². The molecule has 0 bridgehead atoms. The summed E-state index contributed by atoms with van der Waals surface area (Å²) in [7, 11) is 0. The van der Waals surface area contributed by atoms with Gasteiger partial charge in [-0.25, -0.2) is 0 Å². The summed E-state index contributed by atoms with van der Waals surface area (Å²) in [6.45, 7) is 6.06. The lowest BCUT2D eigenvalue weighted by Gasteiger charge is -2.18. The second kappa shape index (κ2) is 54.9. The van der Waals surface area contributed by atoms with Crippen LogP contribution in [0.5, 0.6) is 0 Å². The standard InChI is InChI=1S/C63H90O6/c1-4-7-10-13-16-19-22-25-28-31-32-33-36-38-41-44-47-50-53-56-62(65)68-59-60(69-63(66)57-54-51-48-45-42-39-35-30-27-24-21-18-15-12-9-6-3)58-67-61(64)55-52-49-46-43-40-37-34-29-26-23-20-17-14-11-8-5-2/h7-12,16-21,25-30,32-33,37-42,46-51,60H,4-6,13-15,22-24,31,34-36,43-45,52-59H2,1-3H3/b10-7-,11-8-,12-9-,19-16-,20-17-,21-18-,28-25-,29-26-,30-27-,33-32-,40-37-,41-38-,42-39-,49-46-,50-47-,51-48-. The molecule has 6 heteroatoms. The Kier molecular flexibility index (Phi) is 50.3. The second-order valence-electron chi connectivity index (χ2n) is 15.9. The van der Waals surface area contributed by atoms with Crippen LogP contribution >= 0.6 is 0 Å². The molecule has 0 aromatic heterocycles. The minimum absolute atomic E-state index is 0.163. The van der Waals surface area contributed by atoms with Crippen LogP contribution in [0.4, 0.5) is 0 Å². The summed E-state index contributed by atoms with van der Waals surface area (Å²) in [5.74, 6) is -1.25. The average molecular weight is 943 g/mol. The van der Waals surface area contributed by atoms with Crippen LogP contribution in [-0.2, 0) is 28.6 Å². The SMILES string of the molecule is CC/C=C\C/C=C\C/C=C\C/C=C\C/C=C\C/C=C\CCC(=O)OCC(COC(=O)CC/C=C\C/C=C\C/C=C\C/C=C\C/C=C\CC)OC(=O)CC/C=C\C/C=C\C/C=C\C/C=C\C/C=C\CC. The lowest BCUT2D eigenvalue weighted by atomic mass is 10.2. The number of rotatable bonds is 43. The average Bonchev–Trinajstić information content (AvgIpc) is 3.35. The number of allylic oxidation sites excluding steroid dienone is 32. The predicted molar refractivity (Wildman–Crippen MR) is 297 cm³/mol. The first-order chi connectivity index (χ1) is 34.0. The third-order valence-corrected chi connectivity index (χ3v) is 9.62. The van der Waals surface area contributed by atoms with Gasteiger partial charge in [0.15, 0.2) is 6.10 Å². The van der Waals surface area contributed by atoms with E-state index >= 15 is 0 Å². The summed E-state index contributed by atoms with van der Waals surface area (Å²) in [6.07, 6.45) is 84.5. The van der Waals surface area contributed by atoms with Crippen molar-refractivity contribution < 1.29 is 28.6 Å². The van der Waals surface area contributed by atoms with Crippen molar-refractivity contribution in [3.8, 4) is 0 Å². The maximum absolute atomic E-state index is 12.8. The number of hydrogen-bond acceptors (Lipinski definition) is 6. The van der Waals surface area contributed by atoms with Gasteiger partial charge in [-0.05, 0) is 122 Å². The van der Waals surface area contributed by atoms with Crippen LogP contribution in [0.1, 0.15) is 162 Å². The van der Waals surface area contributed by atoms with Gasteiger partial charge in [-0.1, -0.05) is 215 Å². The lowest BCUT2D eigenvalue weighted by molar-refractivity contribution is -0.166. The van der Waals surface area contributed by atoms with Crippen molar-refractivity contribution in [1.29, 1.82) is 0 Å². The van der Waals surface area contributed by atoms with Crippen LogP contribution in [-0.4, -0.2) is 37.2 Å². The molecule has 0 saturated carbocycles. The van der Waals surface area contributed by atoms with E-state index in [1.807, 2.05) is 36.5 Å². The highest BCUT2D eigenvalue weighted by Gasteiger charge is 2.19. The quantitative estimate of drug-likeness (QED) is 0.0344. The summed E-state index contributed by atoms with van der Waals surface area (Å²) in [4.78, 5) is 37.9. The molecule has 378 valence electrons. The minimum atomic E-state index is -0.890. The monoisotopic (exact) mass is 943 g/mol. The largest absolute Gasteiger partial charge is 0.462 e. The maximum Gasteiger partial charge on any atom is 0.306 e. The molecule has 6 nitrogen and oxygen atoms in total. The fourth-order valence-corrected chi connectivity index (χ4v) is 5.86. The van der Waals surface area contributed by atoms with E-state index in [4.69, 9.17) is 14.2 Å². The molecular formula is C63H90O6. The van der Waals surface area contributed by atoms with Crippen molar-refractivity contribution >= 4 is 17.9 Å². The van der Waals surface area contributed by atoms with E-state index in [0.29, 0.717) is 19.3 Å². The molecule has 0 aromatic rings. The highest BCUT2D eigenvalue weighted by atomic mass is 16.6. The summed E-state index contributed by atoms with van der Waals surface area (Å²) >= 11 is 0. The zero-order chi connectivity index (χ0) is 50.0. The Morgan fingerprint density at radius 1 is 0.275 bits per heavy atom. The molecule has 0 N–H and O–H groups in total. The predicted octanol–water partition coefficient (Wildman–Crippen LogP) is 17.5. The Morgan fingerprint density at radius 2 is 0.464 bits per heavy atom. The molecule has 0 saturated heterocycles. The molecule has 0 aliphatic rings. The molecule has 0 spiro atoms. The van der Waals surface area contributed by atoms with E-state index in [1.54, 1.807) is 0 Å². The fourth-order valence-electron chi connectivity index (χ4n) is 5.86. The first-order valence-corrected chi connectivity index (χ1v) is 25.9. The Labute approximate surface area is 420 Å². The third-order valence-electron chi connectivity index (χ3n) is 9.62. The Hall–Kier alpha value is -5.75. The number of carbonyl (C=O) groups is 3. The summed E-state index contributed by atoms with van der Waals surface area (Å²) in [6, 6.07) is 0. The molecule has 0 rings (SSSR count). The van der Waals surface area contributed by atoms with Crippen LogP contribution in [0.15, 0.2) is 194 Å². The molecule has 69 heavy (non-hydrogen) atoms. The van der Waals surface area contributed by atoms with Gasteiger partial charge in [0.05, 0.1) is 0 Å². The van der Waals surface area contributed by atoms with Crippen molar-refractivity contribution in [3.05, 3.63) is 194 Å². The third kappa shape index (κ3) is 53.1. The van der Waals surface area contributed by atoms with E-state index in [0.717, 1.165) is 103 Å². The normalized spacial score (nSPS) is 13.7. The molecule has 0 aromatic carbocycles.